The molecule has 3 aliphatic heterocycles. The summed E-state index contributed by atoms with van der Waals surface area (Å²) in [6, 6.07) is 6.49. The van der Waals surface area contributed by atoms with E-state index in [-0.39, 0.29) is 16.6 Å². The van der Waals surface area contributed by atoms with Gasteiger partial charge < -0.3 is 4.79 Å². The molecule has 0 saturated carbocycles. The van der Waals surface area contributed by atoms with Crippen LogP contribution in [0.2, 0.25) is 0 Å². The minimum atomic E-state index is -0.164. The van der Waals surface area contributed by atoms with Gasteiger partial charge in [-0.05, 0) is 43.9 Å². The number of carbonyl (C=O) groups is 1. The Balaban J connectivity index is 2.07. The van der Waals surface area contributed by atoms with E-state index in [1.54, 1.807) is 0 Å². The van der Waals surface area contributed by atoms with Crippen molar-refractivity contribution in [3.63, 3.8) is 0 Å². The monoisotopic (exact) mass is 213 g/mol. The number of nitrogens with zero attached hydrogens (tertiary/aromatic N) is 1. The lowest BCUT2D eigenvalue weighted by molar-refractivity contribution is -0.116. The lowest BCUT2D eigenvalue weighted by atomic mass is 9.66. The lowest BCUT2D eigenvalue weighted by Gasteiger charge is -2.45. The molecule has 0 aliphatic carbocycles. The largest absolute Gasteiger partial charge is 0.301 e. The molecule has 0 spiro atoms. The summed E-state index contributed by atoms with van der Waals surface area (Å²) in [6.45, 7) is 6.68. The Bertz CT molecular complexity index is 552. The fourth-order valence-corrected chi connectivity index (χ4v) is 4.80. The smallest absolute Gasteiger partial charge is 0.142 e. The molecule has 16 heavy (non-hydrogen) atoms. The number of hydrogen-bond donors (Lipinski definition) is 0. The van der Waals surface area contributed by atoms with Crippen molar-refractivity contribution in [2.24, 2.45) is 0 Å². The van der Waals surface area contributed by atoms with Crippen LogP contribution in [-0.2, 0) is 15.9 Å². The first-order valence-electron chi connectivity index (χ1n) is 5.90. The van der Waals surface area contributed by atoms with Gasteiger partial charge in [-0.1, -0.05) is 18.2 Å². The Morgan fingerprint density at radius 2 is 2.12 bits per heavy atom. The summed E-state index contributed by atoms with van der Waals surface area (Å²) in [5.74, 6) is 0. The molecule has 0 bridgehead atoms. The zero-order valence-electron chi connectivity index (χ0n) is 9.87. The Kier molecular flexibility index (Phi) is 1.12. The number of aryl methyl sites for hydroxylation is 1. The summed E-state index contributed by atoms with van der Waals surface area (Å²) >= 11 is 0. The summed E-state index contributed by atoms with van der Waals surface area (Å²) in [5.41, 5.74) is 4.17. The molecule has 2 nitrogen and oxygen atoms in total. The predicted octanol–water partition coefficient (Wildman–Crippen LogP) is 2.10. The second-order valence-electron chi connectivity index (χ2n) is 5.90. The average Bonchev–Trinajstić information content (AvgIpc) is 2.64. The van der Waals surface area contributed by atoms with Gasteiger partial charge in [0.15, 0.2) is 0 Å². The molecular weight excluding hydrogens is 198 g/mol. The first-order chi connectivity index (χ1) is 7.52. The van der Waals surface area contributed by atoms with Crippen LogP contribution in [0.15, 0.2) is 18.2 Å². The third-order valence-corrected chi connectivity index (χ3v) is 5.28. The third kappa shape index (κ3) is 0.521. The summed E-state index contributed by atoms with van der Waals surface area (Å²) in [6.07, 6.45) is 2.16. The molecule has 0 aromatic heterocycles. The normalized spacial score (nSPS) is 50.3. The Morgan fingerprint density at radius 1 is 1.38 bits per heavy atom. The molecule has 82 valence electrons. The van der Waals surface area contributed by atoms with E-state index in [1.807, 2.05) is 0 Å². The molecule has 4 atom stereocenters. The SMILES string of the molecule is Cc1cccc2c1[C@@]1(C)CC3(C=O)N1[C@]23C. The highest BCUT2D eigenvalue weighted by molar-refractivity contribution is 5.84. The Morgan fingerprint density at radius 3 is 2.81 bits per heavy atom. The molecule has 0 amide bonds. The first kappa shape index (κ1) is 8.94. The van der Waals surface area contributed by atoms with E-state index in [2.05, 4.69) is 43.9 Å². The average molecular weight is 213 g/mol. The molecule has 2 fully saturated rings. The first-order valence-corrected chi connectivity index (χ1v) is 5.90. The van der Waals surface area contributed by atoms with Crippen LogP contribution in [0.5, 0.6) is 0 Å². The predicted molar refractivity (Wildman–Crippen MR) is 61.1 cm³/mol. The maximum Gasteiger partial charge on any atom is 0.142 e. The number of hydrogen-bond acceptors (Lipinski definition) is 2. The summed E-state index contributed by atoms with van der Waals surface area (Å²) in [4.78, 5) is 13.7. The lowest BCUT2D eigenvalue weighted by Crippen LogP contribution is -2.52. The zero-order chi connectivity index (χ0) is 11.3. The van der Waals surface area contributed by atoms with Crippen LogP contribution in [0.3, 0.4) is 0 Å². The van der Waals surface area contributed by atoms with Crippen LogP contribution in [0.1, 0.15) is 37.0 Å². The van der Waals surface area contributed by atoms with E-state index in [1.165, 1.54) is 23.0 Å². The zero-order valence-corrected chi connectivity index (χ0v) is 9.87. The van der Waals surface area contributed by atoms with Crippen molar-refractivity contribution in [1.29, 1.82) is 0 Å². The van der Waals surface area contributed by atoms with E-state index in [0.29, 0.717) is 0 Å². The van der Waals surface area contributed by atoms with Crippen molar-refractivity contribution in [3.8, 4) is 0 Å². The Hall–Kier alpha value is -1.15. The van der Waals surface area contributed by atoms with Gasteiger partial charge >= 0.3 is 0 Å². The van der Waals surface area contributed by atoms with Gasteiger partial charge in [0.25, 0.3) is 0 Å². The summed E-state index contributed by atoms with van der Waals surface area (Å²) in [5, 5.41) is 0. The Labute approximate surface area is 95.3 Å². The molecule has 2 heteroatoms. The summed E-state index contributed by atoms with van der Waals surface area (Å²) in [7, 11) is 0. The summed E-state index contributed by atoms with van der Waals surface area (Å²) < 4.78 is 0. The van der Waals surface area contributed by atoms with Crippen LogP contribution in [0.25, 0.3) is 0 Å². The highest BCUT2D eigenvalue weighted by atomic mass is 16.1. The van der Waals surface area contributed by atoms with Gasteiger partial charge in [0, 0.05) is 5.54 Å². The number of fused-ring (bicyclic) bond motifs is 4. The van der Waals surface area contributed by atoms with Crippen LogP contribution in [0, 0.1) is 6.92 Å². The van der Waals surface area contributed by atoms with Gasteiger partial charge in [0.2, 0.25) is 0 Å². The van der Waals surface area contributed by atoms with Crippen molar-refractivity contribution >= 4 is 6.29 Å². The molecule has 1 aromatic carbocycles. The van der Waals surface area contributed by atoms with E-state index in [4.69, 9.17) is 0 Å². The molecule has 3 heterocycles. The van der Waals surface area contributed by atoms with Gasteiger partial charge in [-0.3, -0.25) is 4.90 Å². The standard InChI is InChI=1S/C14H15NO/c1-9-5-4-6-10-11(9)12(2)7-14(8-16)13(10,3)15(12)14/h4-6,8H,7H2,1-3H3/t12-,13-,14?,15?/m1/s1. The van der Waals surface area contributed by atoms with Crippen molar-refractivity contribution in [1.82, 2.24) is 4.90 Å². The molecule has 4 rings (SSSR count). The van der Waals surface area contributed by atoms with E-state index in [9.17, 15) is 4.79 Å². The highest BCUT2D eigenvalue weighted by Gasteiger charge is 2.90. The van der Waals surface area contributed by atoms with Crippen molar-refractivity contribution in [3.05, 3.63) is 34.9 Å². The van der Waals surface area contributed by atoms with Gasteiger partial charge in [-0.25, -0.2) is 0 Å². The van der Waals surface area contributed by atoms with E-state index >= 15 is 0 Å². The van der Waals surface area contributed by atoms with Crippen LogP contribution < -0.4 is 0 Å². The number of carbonyl (C=O) groups excluding carboxylic acids is 1. The molecular formula is C14H15NO. The molecule has 0 N–H and O–H groups in total. The van der Waals surface area contributed by atoms with Crippen molar-refractivity contribution in [2.45, 2.75) is 43.8 Å². The second kappa shape index (κ2) is 2.00. The molecule has 1 aromatic rings. The maximum absolute atomic E-state index is 11.3. The number of rotatable bonds is 1. The number of aldehydes is 1. The molecule has 3 aliphatic rings. The van der Waals surface area contributed by atoms with Crippen molar-refractivity contribution < 1.29 is 4.79 Å². The topological polar surface area (TPSA) is 20.1 Å². The quantitative estimate of drug-likeness (QED) is 0.526. The van der Waals surface area contributed by atoms with Gasteiger partial charge in [-0.2, -0.15) is 0 Å². The highest BCUT2D eigenvalue weighted by Crippen LogP contribution is 2.81. The van der Waals surface area contributed by atoms with E-state index in [0.717, 1.165) is 6.42 Å². The molecule has 2 saturated heterocycles. The third-order valence-electron chi connectivity index (χ3n) is 5.28. The number of benzene rings is 1. The second-order valence-corrected chi connectivity index (χ2v) is 5.90. The fourth-order valence-electron chi connectivity index (χ4n) is 4.80. The van der Waals surface area contributed by atoms with Gasteiger partial charge in [0.1, 0.15) is 11.8 Å². The van der Waals surface area contributed by atoms with Crippen LogP contribution in [-0.4, -0.2) is 16.7 Å². The van der Waals surface area contributed by atoms with Crippen LogP contribution in [0.4, 0.5) is 0 Å². The maximum atomic E-state index is 11.3. The van der Waals surface area contributed by atoms with E-state index < -0.39 is 0 Å². The van der Waals surface area contributed by atoms with Crippen molar-refractivity contribution in [2.75, 3.05) is 0 Å². The fraction of sp³-hybridized carbons (Fsp3) is 0.500. The minimum Gasteiger partial charge on any atom is -0.301 e. The molecule has 2 unspecified atom stereocenters. The van der Waals surface area contributed by atoms with Crippen LogP contribution >= 0.6 is 0 Å². The van der Waals surface area contributed by atoms with Gasteiger partial charge in [0.05, 0.1) is 5.54 Å². The molecule has 0 radical (unpaired) electrons. The van der Waals surface area contributed by atoms with Gasteiger partial charge in [-0.15, -0.1) is 0 Å². The minimum absolute atomic E-state index is 0.00907.